The molecule has 0 radical (unpaired) electrons. The Morgan fingerprint density at radius 1 is 1.03 bits per heavy atom. The molecule has 5 nitrogen and oxygen atoms in total. The number of amides is 2. The molecule has 1 fully saturated rings. The molecule has 4 rings (SSSR count). The monoisotopic (exact) mass is 428 g/mol. The SMILES string of the molecule is O=C(Nc1ccc(Cl)cc1)N(Cc1cccc2ccccc12)[C@H]1CCS(=O)(=O)C1. The fourth-order valence-corrected chi connectivity index (χ4v) is 5.59. The van der Waals surface area contributed by atoms with E-state index in [0.717, 1.165) is 16.3 Å². The lowest BCUT2D eigenvalue weighted by Crippen LogP contribution is -2.43. The minimum Gasteiger partial charge on any atom is -0.316 e. The van der Waals surface area contributed by atoms with Gasteiger partial charge in [-0.1, -0.05) is 54.1 Å². The van der Waals surface area contributed by atoms with Gasteiger partial charge in [-0.2, -0.15) is 0 Å². The van der Waals surface area contributed by atoms with Crippen LogP contribution in [0.5, 0.6) is 0 Å². The smallest absolute Gasteiger partial charge is 0.316 e. The zero-order chi connectivity index (χ0) is 20.4. The molecule has 1 saturated heterocycles. The fraction of sp³-hybridized carbons (Fsp3) is 0.227. The van der Waals surface area contributed by atoms with E-state index in [1.807, 2.05) is 42.5 Å². The third-order valence-electron chi connectivity index (χ3n) is 5.23. The van der Waals surface area contributed by atoms with Gasteiger partial charge in [0.25, 0.3) is 0 Å². The number of anilines is 1. The summed E-state index contributed by atoms with van der Waals surface area (Å²) in [5.74, 6) is 0.101. The van der Waals surface area contributed by atoms with Crippen LogP contribution in [0.15, 0.2) is 66.7 Å². The van der Waals surface area contributed by atoms with Crippen LogP contribution in [0, 0.1) is 0 Å². The molecule has 29 heavy (non-hydrogen) atoms. The molecule has 1 heterocycles. The van der Waals surface area contributed by atoms with Gasteiger partial charge < -0.3 is 10.2 Å². The van der Waals surface area contributed by atoms with Crippen LogP contribution in [-0.2, 0) is 16.4 Å². The lowest BCUT2D eigenvalue weighted by atomic mass is 10.0. The highest BCUT2D eigenvalue weighted by atomic mass is 35.5. The first-order chi connectivity index (χ1) is 13.9. The largest absolute Gasteiger partial charge is 0.322 e. The van der Waals surface area contributed by atoms with Crippen molar-refractivity contribution in [2.45, 2.75) is 19.0 Å². The number of rotatable bonds is 4. The van der Waals surface area contributed by atoms with Crippen LogP contribution in [0.25, 0.3) is 10.8 Å². The van der Waals surface area contributed by atoms with Crippen molar-refractivity contribution in [2.75, 3.05) is 16.8 Å². The molecule has 1 aliphatic heterocycles. The number of carbonyl (C=O) groups excluding carboxylic acids is 1. The topological polar surface area (TPSA) is 66.5 Å². The molecule has 0 saturated carbocycles. The molecule has 150 valence electrons. The Bertz CT molecular complexity index is 1140. The van der Waals surface area contributed by atoms with Gasteiger partial charge in [-0.25, -0.2) is 13.2 Å². The first kappa shape index (κ1) is 19.7. The van der Waals surface area contributed by atoms with E-state index in [2.05, 4.69) is 5.32 Å². The van der Waals surface area contributed by atoms with Crippen LogP contribution >= 0.6 is 11.6 Å². The minimum atomic E-state index is -3.13. The normalized spacial score (nSPS) is 17.9. The second-order valence-electron chi connectivity index (χ2n) is 7.26. The van der Waals surface area contributed by atoms with Crippen molar-refractivity contribution in [2.24, 2.45) is 0 Å². The maximum absolute atomic E-state index is 13.1. The standard InChI is InChI=1S/C22H21ClN2O3S/c23-18-8-10-19(11-9-18)24-22(26)25(20-12-13-29(27,28)15-20)14-17-6-3-5-16-4-1-2-7-21(16)17/h1-11,20H,12-15H2,(H,24,26)/t20-/m0/s1. The molecule has 1 aliphatic rings. The number of fused-ring (bicyclic) bond motifs is 1. The second kappa shape index (κ2) is 8.05. The Balaban J connectivity index is 1.64. The molecule has 3 aromatic carbocycles. The number of benzene rings is 3. The van der Waals surface area contributed by atoms with Crippen molar-refractivity contribution >= 4 is 43.9 Å². The van der Waals surface area contributed by atoms with E-state index in [1.54, 1.807) is 29.2 Å². The molecule has 7 heteroatoms. The van der Waals surface area contributed by atoms with Crippen molar-refractivity contribution in [3.05, 3.63) is 77.3 Å². The third kappa shape index (κ3) is 4.54. The summed E-state index contributed by atoms with van der Waals surface area (Å²) in [5, 5.41) is 5.60. The Morgan fingerprint density at radius 2 is 1.76 bits per heavy atom. The van der Waals surface area contributed by atoms with Gasteiger partial charge in [-0.3, -0.25) is 0 Å². The van der Waals surface area contributed by atoms with Gasteiger partial charge in [0.2, 0.25) is 0 Å². The summed E-state index contributed by atoms with van der Waals surface area (Å²) >= 11 is 5.92. The lowest BCUT2D eigenvalue weighted by molar-refractivity contribution is 0.190. The molecule has 2 amide bonds. The summed E-state index contributed by atoms with van der Waals surface area (Å²) in [6.45, 7) is 0.334. The van der Waals surface area contributed by atoms with Gasteiger partial charge in [-0.15, -0.1) is 0 Å². The van der Waals surface area contributed by atoms with E-state index in [-0.39, 0.29) is 23.6 Å². The van der Waals surface area contributed by atoms with E-state index in [0.29, 0.717) is 23.7 Å². The molecule has 0 unspecified atom stereocenters. The molecule has 0 spiro atoms. The fourth-order valence-electron chi connectivity index (χ4n) is 3.73. The van der Waals surface area contributed by atoms with E-state index < -0.39 is 9.84 Å². The summed E-state index contributed by atoms with van der Waals surface area (Å²) in [6, 6.07) is 20.1. The molecule has 1 N–H and O–H groups in total. The van der Waals surface area contributed by atoms with E-state index in [9.17, 15) is 13.2 Å². The number of nitrogens with zero attached hydrogens (tertiary/aromatic N) is 1. The molecule has 3 aromatic rings. The van der Waals surface area contributed by atoms with Crippen LogP contribution in [0.4, 0.5) is 10.5 Å². The summed E-state index contributed by atoms with van der Waals surface area (Å²) in [6.07, 6.45) is 0.446. The average Bonchev–Trinajstić information content (AvgIpc) is 3.07. The highest BCUT2D eigenvalue weighted by molar-refractivity contribution is 7.91. The van der Waals surface area contributed by atoms with Crippen LogP contribution < -0.4 is 5.32 Å². The van der Waals surface area contributed by atoms with Crippen LogP contribution in [-0.4, -0.2) is 36.9 Å². The van der Waals surface area contributed by atoms with Crippen molar-refractivity contribution in [1.82, 2.24) is 4.90 Å². The van der Waals surface area contributed by atoms with Crippen LogP contribution in [0.2, 0.25) is 5.02 Å². The van der Waals surface area contributed by atoms with E-state index in [1.165, 1.54) is 0 Å². The van der Waals surface area contributed by atoms with Crippen molar-refractivity contribution in [1.29, 1.82) is 0 Å². The zero-order valence-electron chi connectivity index (χ0n) is 15.7. The maximum Gasteiger partial charge on any atom is 0.322 e. The lowest BCUT2D eigenvalue weighted by Gasteiger charge is -2.29. The predicted molar refractivity (Wildman–Crippen MR) is 117 cm³/mol. The van der Waals surface area contributed by atoms with Gasteiger partial charge in [0, 0.05) is 23.3 Å². The quantitative estimate of drug-likeness (QED) is 0.654. The maximum atomic E-state index is 13.1. The number of urea groups is 1. The average molecular weight is 429 g/mol. The molecular formula is C22H21ClN2O3S. The van der Waals surface area contributed by atoms with Gasteiger partial charge >= 0.3 is 6.03 Å². The number of halogens is 1. The Kier molecular flexibility index (Phi) is 5.48. The predicted octanol–water partition coefficient (Wildman–Crippen LogP) is 4.71. The van der Waals surface area contributed by atoms with Gasteiger partial charge in [-0.05, 0) is 47.0 Å². The van der Waals surface area contributed by atoms with Crippen molar-refractivity contribution in [3.8, 4) is 0 Å². The number of nitrogens with one attached hydrogen (secondary N) is 1. The van der Waals surface area contributed by atoms with Crippen LogP contribution in [0.1, 0.15) is 12.0 Å². The molecule has 0 bridgehead atoms. The molecule has 1 atom stereocenters. The molecule has 0 aliphatic carbocycles. The van der Waals surface area contributed by atoms with E-state index >= 15 is 0 Å². The zero-order valence-corrected chi connectivity index (χ0v) is 17.3. The summed E-state index contributed by atoms with van der Waals surface area (Å²) in [5.41, 5.74) is 1.60. The highest BCUT2D eigenvalue weighted by Crippen LogP contribution is 2.25. The Morgan fingerprint density at radius 3 is 2.48 bits per heavy atom. The number of hydrogen-bond acceptors (Lipinski definition) is 3. The van der Waals surface area contributed by atoms with Crippen molar-refractivity contribution < 1.29 is 13.2 Å². The second-order valence-corrected chi connectivity index (χ2v) is 9.93. The van der Waals surface area contributed by atoms with Gasteiger partial charge in [0.05, 0.1) is 11.5 Å². The Hall–Kier alpha value is -2.57. The van der Waals surface area contributed by atoms with Gasteiger partial charge in [0.1, 0.15) is 0 Å². The molecular weight excluding hydrogens is 408 g/mol. The summed E-state index contributed by atoms with van der Waals surface area (Å²) in [4.78, 5) is 14.8. The van der Waals surface area contributed by atoms with Gasteiger partial charge in [0.15, 0.2) is 9.84 Å². The van der Waals surface area contributed by atoms with Crippen LogP contribution in [0.3, 0.4) is 0 Å². The first-order valence-corrected chi connectivity index (χ1v) is 11.6. The van der Waals surface area contributed by atoms with Crippen molar-refractivity contribution in [3.63, 3.8) is 0 Å². The summed E-state index contributed by atoms with van der Waals surface area (Å²) < 4.78 is 24.1. The first-order valence-electron chi connectivity index (χ1n) is 9.41. The Labute approximate surface area is 175 Å². The number of hydrogen-bond donors (Lipinski definition) is 1. The minimum absolute atomic E-state index is 0.00813. The molecule has 0 aromatic heterocycles. The van der Waals surface area contributed by atoms with E-state index in [4.69, 9.17) is 11.6 Å². The number of carbonyl (C=O) groups is 1. The summed E-state index contributed by atoms with van der Waals surface area (Å²) in [7, 11) is -3.13. The highest BCUT2D eigenvalue weighted by Gasteiger charge is 2.35. The number of sulfone groups is 1. The third-order valence-corrected chi connectivity index (χ3v) is 7.23.